The predicted octanol–water partition coefficient (Wildman–Crippen LogP) is 5.17. The number of nitrogens with zero attached hydrogens (tertiary/aromatic N) is 1. The molecule has 0 saturated heterocycles. The van der Waals surface area contributed by atoms with Gasteiger partial charge in [-0.05, 0) is 32.4 Å². The third-order valence-electron chi connectivity index (χ3n) is 2.96. The van der Waals surface area contributed by atoms with Gasteiger partial charge in [-0.1, -0.05) is 35.3 Å². The molecule has 1 aromatic heterocycles. The molecule has 2 unspecified atom stereocenters. The van der Waals surface area contributed by atoms with Crippen LogP contribution >= 0.6 is 34.5 Å². The van der Waals surface area contributed by atoms with Crippen LogP contribution in [-0.4, -0.2) is 4.98 Å². The normalized spacial score (nSPS) is 14.4. The molecule has 5 heteroatoms. The Morgan fingerprint density at radius 1 is 1.21 bits per heavy atom. The number of benzene rings is 1. The number of aryl methyl sites for hydroxylation is 1. The second-order valence-corrected chi connectivity index (χ2v) is 6.61. The summed E-state index contributed by atoms with van der Waals surface area (Å²) in [7, 11) is 0. The van der Waals surface area contributed by atoms with Gasteiger partial charge < -0.3 is 5.32 Å². The Kier molecular flexibility index (Phi) is 4.85. The van der Waals surface area contributed by atoms with Gasteiger partial charge >= 0.3 is 0 Å². The summed E-state index contributed by atoms with van der Waals surface area (Å²) in [4.78, 5) is 5.62. The van der Waals surface area contributed by atoms with Gasteiger partial charge in [0.15, 0.2) is 0 Å². The topological polar surface area (TPSA) is 24.9 Å². The molecule has 2 rings (SSSR count). The van der Waals surface area contributed by atoms with Gasteiger partial charge in [0.1, 0.15) is 5.01 Å². The molecule has 0 radical (unpaired) electrons. The Morgan fingerprint density at radius 3 is 2.58 bits per heavy atom. The summed E-state index contributed by atoms with van der Waals surface area (Å²) in [5.74, 6) is 0. The molecule has 102 valence electrons. The maximum Gasteiger partial charge on any atom is 0.109 e. The van der Waals surface area contributed by atoms with Gasteiger partial charge in [-0.25, -0.2) is 4.98 Å². The molecule has 2 aromatic rings. The van der Waals surface area contributed by atoms with Gasteiger partial charge in [-0.15, -0.1) is 11.3 Å². The molecule has 0 aliphatic carbocycles. The fourth-order valence-corrected chi connectivity index (χ4v) is 3.22. The molecule has 0 aliphatic heterocycles. The van der Waals surface area contributed by atoms with Crippen molar-refractivity contribution in [1.29, 1.82) is 0 Å². The lowest BCUT2D eigenvalue weighted by molar-refractivity contribution is 0.493. The number of halogens is 2. The van der Waals surface area contributed by atoms with Crippen molar-refractivity contribution in [1.82, 2.24) is 10.3 Å². The molecule has 0 aliphatic rings. The van der Waals surface area contributed by atoms with Crippen molar-refractivity contribution in [3.63, 3.8) is 0 Å². The van der Waals surface area contributed by atoms with Crippen molar-refractivity contribution >= 4 is 34.5 Å². The SMILES string of the molecule is Cc1cnc(C(C)NC(C)c2cccc(Cl)c2Cl)s1. The highest BCUT2D eigenvalue weighted by atomic mass is 35.5. The van der Waals surface area contributed by atoms with E-state index < -0.39 is 0 Å². The van der Waals surface area contributed by atoms with E-state index in [1.54, 1.807) is 17.4 Å². The first-order chi connectivity index (χ1) is 8.99. The van der Waals surface area contributed by atoms with Gasteiger partial charge in [0.05, 0.1) is 16.1 Å². The fourth-order valence-electron chi connectivity index (χ4n) is 1.96. The lowest BCUT2D eigenvalue weighted by atomic mass is 10.1. The van der Waals surface area contributed by atoms with Crippen molar-refractivity contribution in [3.05, 3.63) is 49.9 Å². The summed E-state index contributed by atoms with van der Waals surface area (Å²) in [6.07, 6.45) is 1.90. The molecule has 2 atom stereocenters. The molecule has 0 spiro atoms. The quantitative estimate of drug-likeness (QED) is 0.842. The predicted molar refractivity (Wildman–Crippen MR) is 83.3 cm³/mol. The van der Waals surface area contributed by atoms with E-state index in [4.69, 9.17) is 23.2 Å². The van der Waals surface area contributed by atoms with Crippen LogP contribution in [0.4, 0.5) is 0 Å². The minimum Gasteiger partial charge on any atom is -0.301 e. The van der Waals surface area contributed by atoms with Crippen LogP contribution in [0.25, 0.3) is 0 Å². The highest BCUT2D eigenvalue weighted by molar-refractivity contribution is 7.11. The first-order valence-electron chi connectivity index (χ1n) is 6.11. The zero-order chi connectivity index (χ0) is 14.0. The minimum atomic E-state index is 0.116. The smallest absolute Gasteiger partial charge is 0.109 e. The summed E-state index contributed by atoms with van der Waals surface area (Å²) in [6, 6.07) is 6.01. The average molecular weight is 315 g/mol. The molecule has 1 N–H and O–H groups in total. The Balaban J connectivity index is 2.12. The van der Waals surface area contributed by atoms with Crippen molar-refractivity contribution in [2.45, 2.75) is 32.9 Å². The largest absolute Gasteiger partial charge is 0.301 e. The average Bonchev–Trinajstić information content (AvgIpc) is 2.79. The van der Waals surface area contributed by atoms with E-state index >= 15 is 0 Å². The van der Waals surface area contributed by atoms with E-state index in [-0.39, 0.29) is 12.1 Å². The van der Waals surface area contributed by atoms with Crippen LogP contribution in [0.5, 0.6) is 0 Å². The van der Waals surface area contributed by atoms with Crippen LogP contribution in [0, 0.1) is 6.92 Å². The van der Waals surface area contributed by atoms with Crippen LogP contribution in [0.2, 0.25) is 10.0 Å². The first kappa shape index (κ1) is 14.8. The molecule has 0 amide bonds. The van der Waals surface area contributed by atoms with E-state index in [0.717, 1.165) is 10.6 Å². The van der Waals surface area contributed by atoms with E-state index in [2.05, 4.69) is 31.1 Å². The lowest BCUT2D eigenvalue weighted by Crippen LogP contribution is -2.22. The van der Waals surface area contributed by atoms with Crippen LogP contribution in [-0.2, 0) is 0 Å². The molecular formula is C14H16Cl2N2S. The monoisotopic (exact) mass is 314 g/mol. The fraction of sp³-hybridized carbons (Fsp3) is 0.357. The van der Waals surface area contributed by atoms with Crippen molar-refractivity contribution in [3.8, 4) is 0 Å². The summed E-state index contributed by atoms with van der Waals surface area (Å²) in [6.45, 7) is 6.24. The molecule has 1 heterocycles. The summed E-state index contributed by atoms with van der Waals surface area (Å²) in [5.41, 5.74) is 1.01. The molecule has 19 heavy (non-hydrogen) atoms. The number of hydrogen-bond donors (Lipinski definition) is 1. The molecular weight excluding hydrogens is 299 g/mol. The van der Waals surface area contributed by atoms with E-state index in [0.29, 0.717) is 10.0 Å². The van der Waals surface area contributed by atoms with Crippen molar-refractivity contribution in [2.24, 2.45) is 0 Å². The summed E-state index contributed by atoms with van der Waals surface area (Å²) in [5, 5.41) is 5.79. The van der Waals surface area contributed by atoms with Crippen LogP contribution in [0.15, 0.2) is 24.4 Å². The van der Waals surface area contributed by atoms with Crippen LogP contribution < -0.4 is 5.32 Å². The van der Waals surface area contributed by atoms with Gasteiger partial charge in [0, 0.05) is 17.1 Å². The van der Waals surface area contributed by atoms with E-state index in [1.165, 1.54) is 4.88 Å². The zero-order valence-electron chi connectivity index (χ0n) is 11.1. The second kappa shape index (κ2) is 6.23. The van der Waals surface area contributed by atoms with E-state index in [9.17, 15) is 0 Å². The molecule has 1 aromatic carbocycles. The highest BCUT2D eigenvalue weighted by Gasteiger charge is 2.16. The number of hydrogen-bond acceptors (Lipinski definition) is 3. The van der Waals surface area contributed by atoms with Gasteiger partial charge in [-0.3, -0.25) is 0 Å². The Morgan fingerprint density at radius 2 is 1.95 bits per heavy atom. The van der Waals surface area contributed by atoms with Gasteiger partial charge in [-0.2, -0.15) is 0 Å². The van der Waals surface area contributed by atoms with Crippen molar-refractivity contribution < 1.29 is 0 Å². The molecule has 0 bridgehead atoms. The van der Waals surface area contributed by atoms with Crippen molar-refractivity contribution in [2.75, 3.05) is 0 Å². The maximum absolute atomic E-state index is 6.24. The third-order valence-corrected chi connectivity index (χ3v) is 4.89. The Bertz CT molecular complexity index is 568. The molecule has 0 fully saturated rings. The maximum atomic E-state index is 6.24. The number of thiazole rings is 1. The number of nitrogens with one attached hydrogen (secondary N) is 1. The molecule has 2 nitrogen and oxygen atoms in total. The van der Waals surface area contributed by atoms with E-state index in [1.807, 2.05) is 18.3 Å². The number of rotatable bonds is 4. The number of aromatic nitrogens is 1. The zero-order valence-corrected chi connectivity index (χ0v) is 13.4. The standard InChI is InChI=1S/C14H16Cl2N2S/c1-8-7-17-14(19-8)10(3)18-9(2)11-5-4-6-12(15)13(11)16/h4-7,9-10,18H,1-3H3. The summed E-state index contributed by atoms with van der Waals surface area (Å²) < 4.78 is 0. The Labute approximate surface area is 127 Å². The second-order valence-electron chi connectivity index (χ2n) is 4.56. The lowest BCUT2D eigenvalue weighted by Gasteiger charge is -2.20. The highest BCUT2D eigenvalue weighted by Crippen LogP contribution is 2.31. The minimum absolute atomic E-state index is 0.116. The molecule has 0 saturated carbocycles. The summed E-state index contributed by atoms with van der Waals surface area (Å²) >= 11 is 14.0. The van der Waals surface area contributed by atoms with Gasteiger partial charge in [0.2, 0.25) is 0 Å². The van der Waals surface area contributed by atoms with Crippen LogP contribution in [0.1, 0.15) is 41.4 Å². The Hall–Kier alpha value is -0.610. The first-order valence-corrected chi connectivity index (χ1v) is 7.68. The van der Waals surface area contributed by atoms with Crippen LogP contribution in [0.3, 0.4) is 0 Å². The van der Waals surface area contributed by atoms with Gasteiger partial charge in [0.25, 0.3) is 0 Å². The third kappa shape index (κ3) is 3.48.